The lowest BCUT2D eigenvalue weighted by Gasteiger charge is -2.28. The summed E-state index contributed by atoms with van der Waals surface area (Å²) >= 11 is 0. The van der Waals surface area contributed by atoms with Gasteiger partial charge in [0.2, 0.25) is 0 Å². The molecule has 0 radical (unpaired) electrons. The standard InChI is InChI=1S/C21H35NO3/c1-8-11-21(7,24-12-9-2)20(23)22-18-13-15(4)19(16(5)14-18)25-17(6)10-3/h13-14,17H,8-12H2,1-7H3,(H,22,23)/t17-,21+/m0/s1. The van der Waals surface area contributed by atoms with Crippen molar-refractivity contribution in [1.29, 1.82) is 0 Å². The van der Waals surface area contributed by atoms with Gasteiger partial charge in [0.15, 0.2) is 0 Å². The Labute approximate surface area is 153 Å². The summed E-state index contributed by atoms with van der Waals surface area (Å²) in [6.45, 7) is 14.8. The highest BCUT2D eigenvalue weighted by molar-refractivity contribution is 5.97. The van der Waals surface area contributed by atoms with E-state index in [1.807, 2.05) is 39.8 Å². The Morgan fingerprint density at radius 3 is 2.24 bits per heavy atom. The Balaban J connectivity index is 2.96. The number of carbonyl (C=O) groups is 1. The van der Waals surface area contributed by atoms with E-state index in [0.717, 1.165) is 41.8 Å². The quantitative estimate of drug-likeness (QED) is 0.615. The van der Waals surface area contributed by atoms with E-state index in [9.17, 15) is 4.79 Å². The molecule has 0 aliphatic carbocycles. The molecule has 0 unspecified atom stereocenters. The van der Waals surface area contributed by atoms with Crippen molar-refractivity contribution in [3.63, 3.8) is 0 Å². The van der Waals surface area contributed by atoms with Gasteiger partial charge in [-0.05, 0) is 70.2 Å². The fraction of sp³-hybridized carbons (Fsp3) is 0.667. The van der Waals surface area contributed by atoms with Gasteiger partial charge in [0, 0.05) is 12.3 Å². The van der Waals surface area contributed by atoms with Crippen molar-refractivity contribution in [1.82, 2.24) is 0 Å². The molecular weight excluding hydrogens is 314 g/mol. The summed E-state index contributed by atoms with van der Waals surface area (Å²) in [5.74, 6) is 0.822. The second kappa shape index (κ2) is 9.81. The highest BCUT2D eigenvalue weighted by Crippen LogP contribution is 2.29. The lowest BCUT2D eigenvalue weighted by Crippen LogP contribution is -2.43. The van der Waals surface area contributed by atoms with E-state index < -0.39 is 5.60 Å². The highest BCUT2D eigenvalue weighted by atomic mass is 16.5. The summed E-state index contributed by atoms with van der Waals surface area (Å²) in [4.78, 5) is 12.8. The van der Waals surface area contributed by atoms with Crippen LogP contribution in [0.2, 0.25) is 0 Å². The number of rotatable bonds is 10. The summed E-state index contributed by atoms with van der Waals surface area (Å²) in [5, 5.41) is 3.03. The largest absolute Gasteiger partial charge is 0.490 e. The molecule has 25 heavy (non-hydrogen) atoms. The van der Waals surface area contributed by atoms with Gasteiger partial charge >= 0.3 is 0 Å². The third-order valence-corrected chi connectivity index (χ3v) is 4.44. The zero-order valence-electron chi connectivity index (χ0n) is 17.0. The second-order valence-corrected chi connectivity index (χ2v) is 7.06. The van der Waals surface area contributed by atoms with Crippen LogP contribution in [0.5, 0.6) is 5.75 Å². The Morgan fingerprint density at radius 2 is 1.76 bits per heavy atom. The Kier molecular flexibility index (Phi) is 8.43. The fourth-order valence-corrected chi connectivity index (χ4v) is 2.81. The minimum absolute atomic E-state index is 0.0859. The molecule has 1 amide bonds. The van der Waals surface area contributed by atoms with Crippen molar-refractivity contribution in [3.05, 3.63) is 23.3 Å². The van der Waals surface area contributed by atoms with Gasteiger partial charge in [0.1, 0.15) is 11.4 Å². The Bertz CT molecular complexity index is 547. The molecule has 4 nitrogen and oxygen atoms in total. The minimum Gasteiger partial charge on any atom is -0.490 e. The lowest BCUT2D eigenvalue weighted by atomic mass is 9.98. The molecular formula is C21H35NO3. The summed E-state index contributed by atoms with van der Waals surface area (Å²) < 4.78 is 11.9. The molecule has 0 saturated carbocycles. The third kappa shape index (κ3) is 6.03. The van der Waals surface area contributed by atoms with Crippen molar-refractivity contribution in [2.75, 3.05) is 11.9 Å². The van der Waals surface area contributed by atoms with Crippen LogP contribution < -0.4 is 10.1 Å². The van der Waals surface area contributed by atoms with Crippen molar-refractivity contribution >= 4 is 11.6 Å². The number of hydrogen-bond donors (Lipinski definition) is 1. The van der Waals surface area contributed by atoms with Crippen LogP contribution in [0.25, 0.3) is 0 Å². The molecule has 1 aromatic rings. The Morgan fingerprint density at radius 1 is 1.16 bits per heavy atom. The molecule has 4 heteroatoms. The molecule has 1 N–H and O–H groups in total. The van der Waals surface area contributed by atoms with Crippen LogP contribution in [-0.4, -0.2) is 24.2 Å². The molecule has 0 aromatic heterocycles. The summed E-state index contributed by atoms with van der Waals surface area (Å²) in [6.07, 6.45) is 3.63. The van der Waals surface area contributed by atoms with Gasteiger partial charge in [0.05, 0.1) is 6.10 Å². The van der Waals surface area contributed by atoms with Crippen LogP contribution in [0.15, 0.2) is 12.1 Å². The summed E-state index contributed by atoms with van der Waals surface area (Å²) in [6, 6.07) is 3.93. The molecule has 1 aromatic carbocycles. The van der Waals surface area contributed by atoms with Crippen LogP contribution in [-0.2, 0) is 9.53 Å². The number of amides is 1. The van der Waals surface area contributed by atoms with Crippen LogP contribution in [0.1, 0.15) is 71.4 Å². The smallest absolute Gasteiger partial charge is 0.256 e. The molecule has 2 atom stereocenters. The van der Waals surface area contributed by atoms with Gasteiger partial charge in [-0.15, -0.1) is 0 Å². The fourth-order valence-electron chi connectivity index (χ4n) is 2.81. The SMILES string of the molecule is CCCO[C@](C)(CCC)C(=O)Nc1cc(C)c(O[C@@H](C)CC)c(C)c1. The number of benzene rings is 1. The average Bonchev–Trinajstić information content (AvgIpc) is 2.56. The van der Waals surface area contributed by atoms with Crippen molar-refractivity contribution in [2.24, 2.45) is 0 Å². The lowest BCUT2D eigenvalue weighted by molar-refractivity contribution is -0.140. The maximum atomic E-state index is 12.8. The molecule has 0 aliphatic rings. The first-order valence-electron chi connectivity index (χ1n) is 9.50. The van der Waals surface area contributed by atoms with Gasteiger partial charge in [0.25, 0.3) is 5.91 Å². The van der Waals surface area contributed by atoms with Crippen molar-refractivity contribution in [3.8, 4) is 5.75 Å². The molecule has 0 heterocycles. The van der Waals surface area contributed by atoms with Gasteiger partial charge in [-0.1, -0.05) is 27.2 Å². The van der Waals surface area contributed by atoms with E-state index in [-0.39, 0.29) is 12.0 Å². The molecule has 0 spiro atoms. The summed E-state index contributed by atoms with van der Waals surface area (Å²) in [5.41, 5.74) is 2.06. The number of ether oxygens (including phenoxy) is 2. The first kappa shape index (κ1) is 21.5. The van der Waals surface area contributed by atoms with Crippen LogP contribution >= 0.6 is 0 Å². The van der Waals surface area contributed by atoms with Gasteiger partial charge in [-0.3, -0.25) is 4.79 Å². The predicted molar refractivity (Wildman–Crippen MR) is 104 cm³/mol. The van der Waals surface area contributed by atoms with E-state index >= 15 is 0 Å². The average molecular weight is 350 g/mol. The van der Waals surface area contributed by atoms with E-state index in [1.54, 1.807) is 0 Å². The Hall–Kier alpha value is -1.55. The second-order valence-electron chi connectivity index (χ2n) is 7.06. The molecule has 1 rings (SSSR count). The van der Waals surface area contributed by atoms with Crippen LogP contribution in [0.4, 0.5) is 5.69 Å². The maximum Gasteiger partial charge on any atom is 0.256 e. The first-order valence-corrected chi connectivity index (χ1v) is 9.50. The topological polar surface area (TPSA) is 47.6 Å². The van der Waals surface area contributed by atoms with Crippen molar-refractivity contribution < 1.29 is 14.3 Å². The zero-order chi connectivity index (χ0) is 19.0. The van der Waals surface area contributed by atoms with E-state index in [4.69, 9.17) is 9.47 Å². The molecule has 0 bridgehead atoms. The molecule has 0 saturated heterocycles. The molecule has 0 fully saturated rings. The third-order valence-electron chi connectivity index (χ3n) is 4.44. The van der Waals surface area contributed by atoms with Gasteiger partial charge < -0.3 is 14.8 Å². The van der Waals surface area contributed by atoms with Crippen molar-refractivity contribution in [2.45, 2.75) is 85.9 Å². The van der Waals surface area contributed by atoms with E-state index in [2.05, 4.69) is 26.1 Å². The van der Waals surface area contributed by atoms with E-state index in [1.165, 1.54) is 0 Å². The maximum absolute atomic E-state index is 12.8. The normalized spacial score (nSPS) is 14.7. The number of carbonyl (C=O) groups excluding carboxylic acids is 1. The zero-order valence-corrected chi connectivity index (χ0v) is 17.0. The molecule has 142 valence electrons. The van der Waals surface area contributed by atoms with Crippen LogP contribution in [0, 0.1) is 13.8 Å². The number of aryl methyl sites for hydroxylation is 2. The number of hydrogen-bond acceptors (Lipinski definition) is 3. The minimum atomic E-state index is -0.793. The molecule has 0 aliphatic heterocycles. The summed E-state index contributed by atoms with van der Waals surface area (Å²) in [7, 11) is 0. The van der Waals surface area contributed by atoms with Gasteiger partial charge in [-0.25, -0.2) is 0 Å². The van der Waals surface area contributed by atoms with E-state index in [0.29, 0.717) is 13.0 Å². The van der Waals surface area contributed by atoms with Gasteiger partial charge in [-0.2, -0.15) is 0 Å². The predicted octanol–water partition coefficient (Wildman–Crippen LogP) is 5.40. The van der Waals surface area contributed by atoms with Crippen LogP contribution in [0.3, 0.4) is 0 Å². The monoisotopic (exact) mass is 349 g/mol. The number of anilines is 1. The highest BCUT2D eigenvalue weighted by Gasteiger charge is 2.33. The first-order chi connectivity index (χ1) is 11.8. The number of nitrogens with one attached hydrogen (secondary N) is 1.